The Hall–Kier alpha value is -0.200. The molecule has 0 aromatic carbocycles. The van der Waals surface area contributed by atoms with Crippen molar-refractivity contribution < 1.29 is 0 Å². The van der Waals surface area contributed by atoms with Crippen LogP contribution in [0.15, 0.2) is 4.99 Å². The highest BCUT2D eigenvalue weighted by Gasteiger charge is 2.60. The van der Waals surface area contributed by atoms with Gasteiger partial charge in [-0.05, 0) is 73.4 Å². The minimum Gasteiger partial charge on any atom is -0.225 e. The van der Waals surface area contributed by atoms with Crippen molar-refractivity contribution in [1.82, 2.24) is 0 Å². The van der Waals surface area contributed by atoms with Crippen LogP contribution in [0.2, 0.25) is 0 Å². The average molecular weight is 263 g/mol. The molecule has 3 rings (SSSR count). The van der Waals surface area contributed by atoms with E-state index in [1.54, 1.807) is 0 Å². The molecule has 18 heavy (non-hydrogen) atoms. The van der Waals surface area contributed by atoms with Gasteiger partial charge in [-0.2, -0.15) is 0 Å². The van der Waals surface area contributed by atoms with Crippen molar-refractivity contribution in [2.24, 2.45) is 27.7 Å². The Kier molecular flexibility index (Phi) is 2.78. The molecule has 0 heterocycles. The molecule has 2 heteroatoms. The Morgan fingerprint density at radius 3 is 2.56 bits per heavy atom. The highest BCUT2D eigenvalue weighted by atomic mass is 32.1. The van der Waals surface area contributed by atoms with Gasteiger partial charge in [0.05, 0.1) is 10.7 Å². The van der Waals surface area contributed by atoms with Gasteiger partial charge in [-0.25, -0.2) is 4.99 Å². The number of hydrogen-bond donors (Lipinski definition) is 0. The predicted octanol–water partition coefficient (Wildman–Crippen LogP) is 4.86. The van der Waals surface area contributed by atoms with E-state index >= 15 is 0 Å². The molecule has 2 bridgehead atoms. The molecule has 0 aromatic rings. The maximum atomic E-state index is 4.97. The number of hydrogen-bond acceptors (Lipinski definition) is 2. The molecule has 0 aliphatic heterocycles. The van der Waals surface area contributed by atoms with E-state index in [1.807, 2.05) is 0 Å². The first-order valence-corrected chi connectivity index (χ1v) is 7.91. The summed E-state index contributed by atoms with van der Waals surface area (Å²) in [6, 6.07) is 0. The summed E-state index contributed by atoms with van der Waals surface area (Å²) >= 11 is 4.97. The predicted molar refractivity (Wildman–Crippen MR) is 78.9 cm³/mol. The fourth-order valence-corrected chi connectivity index (χ4v) is 5.62. The van der Waals surface area contributed by atoms with Gasteiger partial charge < -0.3 is 0 Å². The lowest BCUT2D eigenvalue weighted by atomic mass is 9.48. The first-order chi connectivity index (χ1) is 8.41. The average Bonchev–Trinajstić information content (AvgIpc) is 2.32. The van der Waals surface area contributed by atoms with Gasteiger partial charge in [-0.1, -0.05) is 27.2 Å². The normalized spacial score (nSPS) is 49.3. The van der Waals surface area contributed by atoms with Gasteiger partial charge in [0, 0.05) is 0 Å². The summed E-state index contributed by atoms with van der Waals surface area (Å²) in [6.07, 6.45) is 9.38. The van der Waals surface area contributed by atoms with Crippen molar-refractivity contribution in [3.8, 4) is 0 Å². The SMILES string of the molecule is CC1(C)C[C@@H]2[C@H]1CC[C@@]1(C)CCC[C@]2(N=C=S)C1. The van der Waals surface area contributed by atoms with E-state index in [2.05, 4.69) is 25.9 Å². The zero-order chi connectivity index (χ0) is 13.0. The molecular weight excluding hydrogens is 238 g/mol. The molecule has 4 atom stereocenters. The van der Waals surface area contributed by atoms with E-state index in [1.165, 1.54) is 44.9 Å². The number of fused-ring (bicyclic) bond motifs is 4. The van der Waals surface area contributed by atoms with Gasteiger partial charge in [0.2, 0.25) is 0 Å². The number of rotatable bonds is 1. The van der Waals surface area contributed by atoms with E-state index in [-0.39, 0.29) is 5.54 Å². The van der Waals surface area contributed by atoms with Crippen LogP contribution in [0.5, 0.6) is 0 Å². The van der Waals surface area contributed by atoms with Crippen LogP contribution < -0.4 is 0 Å². The molecule has 0 N–H and O–H groups in total. The molecule has 3 aliphatic carbocycles. The quantitative estimate of drug-likeness (QED) is 0.486. The van der Waals surface area contributed by atoms with Crippen LogP contribution in [0.1, 0.15) is 65.7 Å². The second-order valence-electron chi connectivity index (χ2n) is 8.09. The standard InChI is InChI=1S/C16H25NS/c1-14(2)9-13-12(14)5-8-15(3)6-4-7-16(13,10-15)17-11-18/h12-13H,4-10H2,1-3H3/t12-,13-,15-,16+/m1/s1. The summed E-state index contributed by atoms with van der Waals surface area (Å²) in [5.41, 5.74) is 1.20. The van der Waals surface area contributed by atoms with Crippen LogP contribution in [0, 0.1) is 22.7 Å². The topological polar surface area (TPSA) is 12.4 Å². The lowest BCUT2D eigenvalue weighted by Gasteiger charge is -2.58. The fraction of sp³-hybridized carbons (Fsp3) is 0.938. The molecule has 1 nitrogen and oxygen atoms in total. The largest absolute Gasteiger partial charge is 0.225 e. The lowest BCUT2D eigenvalue weighted by Crippen LogP contribution is -2.55. The molecular formula is C16H25NS. The zero-order valence-corrected chi connectivity index (χ0v) is 12.8. The Bertz CT molecular complexity index is 409. The van der Waals surface area contributed by atoms with Crippen LogP contribution in [0.4, 0.5) is 0 Å². The van der Waals surface area contributed by atoms with Crippen molar-refractivity contribution in [1.29, 1.82) is 0 Å². The maximum absolute atomic E-state index is 4.97. The monoisotopic (exact) mass is 263 g/mol. The van der Waals surface area contributed by atoms with Gasteiger partial charge in [0.15, 0.2) is 0 Å². The van der Waals surface area contributed by atoms with Gasteiger partial charge in [0.1, 0.15) is 0 Å². The lowest BCUT2D eigenvalue weighted by molar-refractivity contribution is -0.0622. The number of nitrogens with zero attached hydrogens (tertiary/aromatic N) is 1. The molecule has 0 spiro atoms. The van der Waals surface area contributed by atoms with Crippen LogP contribution in [-0.4, -0.2) is 10.7 Å². The minimum atomic E-state index is 0.158. The van der Waals surface area contributed by atoms with Crippen LogP contribution in [-0.2, 0) is 0 Å². The van der Waals surface area contributed by atoms with Gasteiger partial charge >= 0.3 is 0 Å². The highest BCUT2D eigenvalue weighted by Crippen LogP contribution is 2.65. The first-order valence-electron chi connectivity index (χ1n) is 7.50. The Morgan fingerprint density at radius 1 is 1.11 bits per heavy atom. The zero-order valence-electron chi connectivity index (χ0n) is 12.0. The number of isothiocyanates is 1. The third kappa shape index (κ3) is 1.72. The van der Waals surface area contributed by atoms with Gasteiger partial charge in [-0.3, -0.25) is 0 Å². The van der Waals surface area contributed by atoms with Crippen molar-refractivity contribution in [3.63, 3.8) is 0 Å². The first kappa shape index (κ1) is 12.8. The van der Waals surface area contributed by atoms with E-state index < -0.39 is 0 Å². The second-order valence-corrected chi connectivity index (χ2v) is 8.27. The number of aliphatic imine (C=N–C) groups is 1. The van der Waals surface area contributed by atoms with Crippen LogP contribution in [0.3, 0.4) is 0 Å². The van der Waals surface area contributed by atoms with Crippen molar-refractivity contribution >= 4 is 17.4 Å². The van der Waals surface area contributed by atoms with Crippen molar-refractivity contribution in [3.05, 3.63) is 0 Å². The molecule has 3 fully saturated rings. The van der Waals surface area contributed by atoms with Crippen molar-refractivity contribution in [2.75, 3.05) is 0 Å². The Morgan fingerprint density at radius 2 is 1.89 bits per heavy atom. The van der Waals surface area contributed by atoms with E-state index in [0.29, 0.717) is 10.8 Å². The molecule has 3 aliphatic rings. The van der Waals surface area contributed by atoms with Crippen molar-refractivity contribution in [2.45, 2.75) is 71.3 Å². The van der Waals surface area contributed by atoms with Gasteiger partial charge in [-0.15, -0.1) is 0 Å². The van der Waals surface area contributed by atoms with Gasteiger partial charge in [0.25, 0.3) is 0 Å². The molecule has 0 unspecified atom stereocenters. The molecule has 0 amide bonds. The summed E-state index contributed by atoms with van der Waals surface area (Å²) in [5, 5.41) is 2.75. The summed E-state index contributed by atoms with van der Waals surface area (Å²) in [7, 11) is 0. The van der Waals surface area contributed by atoms with Crippen LogP contribution >= 0.6 is 12.2 Å². The maximum Gasteiger partial charge on any atom is 0.0747 e. The van der Waals surface area contributed by atoms with E-state index in [0.717, 1.165) is 11.8 Å². The summed E-state index contributed by atoms with van der Waals surface area (Å²) in [4.78, 5) is 4.75. The fourth-order valence-electron chi connectivity index (χ4n) is 5.44. The van der Waals surface area contributed by atoms with E-state index in [4.69, 9.17) is 17.2 Å². The second kappa shape index (κ2) is 3.90. The summed E-state index contributed by atoms with van der Waals surface area (Å²) < 4.78 is 0. The van der Waals surface area contributed by atoms with Crippen LogP contribution in [0.25, 0.3) is 0 Å². The molecule has 100 valence electrons. The summed E-state index contributed by atoms with van der Waals surface area (Å²) in [6.45, 7) is 7.37. The third-order valence-electron chi connectivity index (χ3n) is 6.38. The Balaban J connectivity index is 2.00. The number of thiocarbonyl (C=S) groups is 1. The molecule has 0 aromatic heterocycles. The third-order valence-corrected chi connectivity index (χ3v) is 6.47. The summed E-state index contributed by atoms with van der Waals surface area (Å²) in [5.74, 6) is 1.65. The minimum absolute atomic E-state index is 0.158. The highest BCUT2D eigenvalue weighted by molar-refractivity contribution is 7.78. The Labute approximate surface area is 116 Å². The smallest absolute Gasteiger partial charge is 0.0747 e. The molecule has 0 saturated heterocycles. The van der Waals surface area contributed by atoms with E-state index in [9.17, 15) is 0 Å². The molecule has 0 radical (unpaired) electrons. The molecule has 3 saturated carbocycles.